The van der Waals surface area contributed by atoms with Crippen LogP contribution in [-0.4, -0.2) is 22.2 Å². The van der Waals surface area contributed by atoms with Crippen LogP contribution in [0.15, 0.2) is 33.6 Å². The summed E-state index contributed by atoms with van der Waals surface area (Å²) in [6.45, 7) is 3.34. The summed E-state index contributed by atoms with van der Waals surface area (Å²) in [6.07, 6.45) is 0. The lowest BCUT2D eigenvalue weighted by Crippen LogP contribution is -2.13. The van der Waals surface area contributed by atoms with Gasteiger partial charge in [0.25, 0.3) is 11.2 Å². The van der Waals surface area contributed by atoms with Gasteiger partial charge in [-0.25, -0.2) is 4.79 Å². The van der Waals surface area contributed by atoms with Crippen molar-refractivity contribution in [2.45, 2.75) is 13.8 Å². The van der Waals surface area contributed by atoms with Crippen molar-refractivity contribution in [1.82, 2.24) is 4.74 Å². The van der Waals surface area contributed by atoms with Crippen LogP contribution in [0.2, 0.25) is 0 Å². The quantitative estimate of drug-likeness (QED) is 0.483. The van der Waals surface area contributed by atoms with Crippen LogP contribution in [0.5, 0.6) is 0 Å². The second-order valence-corrected chi connectivity index (χ2v) is 4.16. The average molecular weight is 292 g/mol. The molecule has 0 radical (unpaired) electrons. The Kier molecular flexibility index (Phi) is 3.88. The van der Waals surface area contributed by atoms with Crippen molar-refractivity contribution >= 4 is 11.7 Å². The molecule has 110 valence electrons. The van der Waals surface area contributed by atoms with Crippen molar-refractivity contribution in [2.24, 2.45) is 0 Å². The lowest BCUT2D eigenvalue weighted by molar-refractivity contribution is -0.384. The molecule has 0 fully saturated rings. The molecule has 0 saturated carbocycles. The lowest BCUT2D eigenvalue weighted by Gasteiger charge is -2.05. The fourth-order valence-electron chi connectivity index (χ4n) is 1.80. The first-order valence-electron chi connectivity index (χ1n) is 6.10. The van der Waals surface area contributed by atoms with E-state index in [1.54, 1.807) is 13.8 Å². The van der Waals surface area contributed by atoms with Crippen molar-refractivity contribution in [3.8, 4) is 5.69 Å². The Bertz CT molecular complexity index is 758. The Balaban J connectivity index is 2.58. The van der Waals surface area contributed by atoms with E-state index in [0.717, 1.165) is 10.8 Å². The molecule has 8 nitrogen and oxygen atoms in total. The number of ether oxygens (including phenoxy) is 1. The topological polar surface area (TPSA) is 105 Å². The smallest absolute Gasteiger partial charge is 0.338 e. The van der Waals surface area contributed by atoms with Gasteiger partial charge < -0.3 is 9.26 Å². The second-order valence-electron chi connectivity index (χ2n) is 4.16. The van der Waals surface area contributed by atoms with Crippen molar-refractivity contribution in [3.63, 3.8) is 0 Å². The maximum absolute atomic E-state index is 11.7. The third-order valence-corrected chi connectivity index (χ3v) is 2.66. The molecule has 0 bridgehead atoms. The molecule has 0 aliphatic rings. The summed E-state index contributed by atoms with van der Waals surface area (Å²) in [7, 11) is 0. The minimum Gasteiger partial charge on any atom is -0.462 e. The number of carbonyl (C=O) groups is 1. The molecule has 0 atom stereocenters. The van der Waals surface area contributed by atoms with E-state index in [1.807, 2.05) is 0 Å². The summed E-state index contributed by atoms with van der Waals surface area (Å²) in [5.74, 6) is -0.348. The van der Waals surface area contributed by atoms with Gasteiger partial charge in [-0.2, -0.15) is 0 Å². The van der Waals surface area contributed by atoms with Crippen molar-refractivity contribution in [3.05, 3.63) is 56.1 Å². The van der Waals surface area contributed by atoms with Gasteiger partial charge in [-0.15, -0.1) is 4.74 Å². The molecule has 0 amide bonds. The van der Waals surface area contributed by atoms with Gasteiger partial charge in [0.05, 0.1) is 17.1 Å². The Morgan fingerprint density at radius 2 is 2.14 bits per heavy atom. The number of hydrogen-bond acceptors (Lipinski definition) is 6. The number of hydrogen-bond donors (Lipinski definition) is 0. The monoisotopic (exact) mass is 292 g/mol. The zero-order chi connectivity index (χ0) is 15.6. The summed E-state index contributed by atoms with van der Waals surface area (Å²) < 4.78 is 10.7. The highest BCUT2D eigenvalue weighted by Crippen LogP contribution is 2.24. The predicted octanol–water partition coefficient (Wildman–Crippen LogP) is 1.82. The normalized spacial score (nSPS) is 10.4. The van der Waals surface area contributed by atoms with Crippen LogP contribution in [0.4, 0.5) is 5.69 Å². The molecule has 2 aromatic rings. The first-order chi connectivity index (χ1) is 9.93. The summed E-state index contributed by atoms with van der Waals surface area (Å²) in [4.78, 5) is 33.7. The number of nitro groups is 1. The molecule has 0 N–H and O–H groups in total. The highest BCUT2D eigenvalue weighted by molar-refractivity contribution is 5.90. The van der Waals surface area contributed by atoms with Gasteiger partial charge in [0.2, 0.25) is 0 Å². The highest BCUT2D eigenvalue weighted by atomic mass is 16.6. The molecule has 0 spiro atoms. The third kappa shape index (κ3) is 2.83. The maximum Gasteiger partial charge on any atom is 0.338 e. The number of rotatable bonds is 4. The fourth-order valence-corrected chi connectivity index (χ4v) is 1.80. The molecule has 0 aliphatic carbocycles. The Hall–Kier alpha value is -2.90. The number of benzene rings is 1. The van der Waals surface area contributed by atoms with Crippen LogP contribution in [0.3, 0.4) is 0 Å². The number of aryl methyl sites for hydroxylation is 1. The summed E-state index contributed by atoms with van der Waals surface area (Å²) in [5.41, 5.74) is -0.966. The number of nitro benzene ring substituents is 1. The van der Waals surface area contributed by atoms with E-state index >= 15 is 0 Å². The summed E-state index contributed by atoms with van der Waals surface area (Å²) in [5, 5.41) is 11.1. The average Bonchev–Trinajstić information content (AvgIpc) is 2.77. The first-order valence-corrected chi connectivity index (χ1v) is 6.10. The molecule has 1 aromatic carbocycles. The van der Waals surface area contributed by atoms with E-state index in [4.69, 9.17) is 9.26 Å². The fraction of sp³-hybridized carbons (Fsp3) is 0.231. The van der Waals surface area contributed by atoms with Crippen molar-refractivity contribution < 1.29 is 19.0 Å². The number of nitrogens with zero attached hydrogens (tertiary/aromatic N) is 2. The van der Waals surface area contributed by atoms with E-state index in [0.29, 0.717) is 5.76 Å². The summed E-state index contributed by atoms with van der Waals surface area (Å²) >= 11 is 0. The number of carbonyl (C=O) groups excluding carboxylic acids is 1. The van der Waals surface area contributed by atoms with E-state index in [9.17, 15) is 19.7 Å². The zero-order valence-electron chi connectivity index (χ0n) is 11.4. The van der Waals surface area contributed by atoms with Crippen LogP contribution < -0.4 is 5.56 Å². The van der Waals surface area contributed by atoms with E-state index in [-0.39, 0.29) is 17.9 Å². The molecule has 21 heavy (non-hydrogen) atoms. The van der Waals surface area contributed by atoms with Crippen LogP contribution in [0.1, 0.15) is 23.0 Å². The maximum atomic E-state index is 11.7. The minimum atomic E-state index is -0.692. The van der Waals surface area contributed by atoms with Gasteiger partial charge in [-0.1, -0.05) is 0 Å². The predicted molar refractivity (Wildman–Crippen MR) is 71.7 cm³/mol. The van der Waals surface area contributed by atoms with Gasteiger partial charge in [0, 0.05) is 12.1 Å². The largest absolute Gasteiger partial charge is 0.462 e. The lowest BCUT2D eigenvalue weighted by atomic mass is 10.1. The molecule has 8 heteroatoms. The Morgan fingerprint density at radius 1 is 1.43 bits per heavy atom. The number of esters is 1. The third-order valence-electron chi connectivity index (χ3n) is 2.66. The Morgan fingerprint density at radius 3 is 2.67 bits per heavy atom. The molecular weight excluding hydrogens is 280 g/mol. The van der Waals surface area contributed by atoms with Crippen molar-refractivity contribution in [2.75, 3.05) is 6.61 Å². The molecule has 1 aromatic heterocycles. The van der Waals surface area contributed by atoms with Gasteiger partial charge in [0.1, 0.15) is 5.76 Å². The first kappa shape index (κ1) is 14.5. The van der Waals surface area contributed by atoms with Crippen LogP contribution in [0.25, 0.3) is 5.69 Å². The molecule has 0 saturated heterocycles. The van der Waals surface area contributed by atoms with Gasteiger partial charge in [-0.05, 0) is 26.0 Å². The Labute approximate surface area is 118 Å². The van der Waals surface area contributed by atoms with Crippen molar-refractivity contribution in [1.29, 1.82) is 0 Å². The van der Waals surface area contributed by atoms with E-state index < -0.39 is 22.1 Å². The van der Waals surface area contributed by atoms with Gasteiger partial charge in [0.15, 0.2) is 5.69 Å². The minimum absolute atomic E-state index is 0.0311. The van der Waals surface area contributed by atoms with Crippen LogP contribution in [-0.2, 0) is 4.74 Å². The molecule has 1 heterocycles. The van der Waals surface area contributed by atoms with Gasteiger partial charge in [-0.3, -0.25) is 14.9 Å². The molecule has 0 unspecified atom stereocenters. The zero-order valence-corrected chi connectivity index (χ0v) is 11.4. The molecular formula is C13H12N2O6. The SMILES string of the molecule is CCOC(=O)c1ccc(-n2oc(C)cc2=O)c([N+](=O)[O-])c1. The second kappa shape index (κ2) is 5.61. The summed E-state index contributed by atoms with van der Waals surface area (Å²) in [6, 6.07) is 4.87. The highest BCUT2D eigenvalue weighted by Gasteiger charge is 2.22. The van der Waals surface area contributed by atoms with Crippen LogP contribution >= 0.6 is 0 Å². The van der Waals surface area contributed by atoms with E-state index in [2.05, 4.69) is 0 Å². The number of aromatic nitrogens is 1. The standard InChI is InChI=1S/C13H12N2O6/c1-3-20-13(17)9-4-5-10(11(7-9)15(18)19)14-12(16)6-8(2)21-14/h4-7H,3H2,1-2H3. The molecule has 0 aliphatic heterocycles. The molecule has 2 rings (SSSR count). The van der Waals surface area contributed by atoms with E-state index in [1.165, 1.54) is 18.2 Å². The van der Waals surface area contributed by atoms with Crippen LogP contribution in [0, 0.1) is 17.0 Å². The van der Waals surface area contributed by atoms with Gasteiger partial charge >= 0.3 is 5.97 Å².